The van der Waals surface area contributed by atoms with Crippen LogP contribution in [-0.2, 0) is 6.42 Å². The van der Waals surface area contributed by atoms with Gasteiger partial charge in [0.25, 0.3) is 0 Å². The van der Waals surface area contributed by atoms with Crippen molar-refractivity contribution in [3.05, 3.63) is 35.4 Å². The van der Waals surface area contributed by atoms with Gasteiger partial charge in [0, 0.05) is 6.04 Å². The quantitative estimate of drug-likeness (QED) is 0.718. The molecule has 1 rings (SSSR count). The fraction of sp³-hybridized carbons (Fsp3) is 0.667. The molecular weight excluding hydrogens is 230 g/mol. The van der Waals surface area contributed by atoms with Gasteiger partial charge in [-0.15, -0.1) is 0 Å². The van der Waals surface area contributed by atoms with Crippen molar-refractivity contribution < 1.29 is 0 Å². The van der Waals surface area contributed by atoms with Gasteiger partial charge in [-0.25, -0.2) is 0 Å². The van der Waals surface area contributed by atoms with Crippen molar-refractivity contribution in [2.24, 2.45) is 5.41 Å². The molecule has 0 radical (unpaired) electrons. The maximum absolute atomic E-state index is 3.73. The summed E-state index contributed by atoms with van der Waals surface area (Å²) >= 11 is 0. The Hall–Kier alpha value is -0.820. The molecule has 1 atom stereocenters. The third-order valence-electron chi connectivity index (χ3n) is 3.64. The fourth-order valence-electron chi connectivity index (χ4n) is 2.46. The minimum atomic E-state index is 0.410. The van der Waals surface area contributed by atoms with E-state index in [-0.39, 0.29) is 0 Å². The maximum atomic E-state index is 3.73. The summed E-state index contributed by atoms with van der Waals surface area (Å²) in [7, 11) is 0. The van der Waals surface area contributed by atoms with Crippen molar-refractivity contribution in [1.82, 2.24) is 5.32 Å². The van der Waals surface area contributed by atoms with E-state index in [9.17, 15) is 0 Å². The van der Waals surface area contributed by atoms with Crippen LogP contribution in [0.4, 0.5) is 0 Å². The molecule has 0 aliphatic rings. The highest BCUT2D eigenvalue weighted by atomic mass is 14.9. The Morgan fingerprint density at radius 3 is 2.37 bits per heavy atom. The normalized spacial score (nSPS) is 13.5. The number of rotatable bonds is 7. The molecule has 0 aliphatic heterocycles. The van der Waals surface area contributed by atoms with Gasteiger partial charge in [-0.1, -0.05) is 58.9 Å². The number of hydrogen-bond donors (Lipinski definition) is 1. The first-order valence-electron chi connectivity index (χ1n) is 7.79. The highest BCUT2D eigenvalue weighted by Crippen LogP contribution is 2.29. The van der Waals surface area contributed by atoms with Gasteiger partial charge in [-0.05, 0) is 48.8 Å². The molecule has 0 fully saturated rings. The van der Waals surface area contributed by atoms with Crippen LogP contribution in [0, 0.1) is 5.41 Å². The van der Waals surface area contributed by atoms with Crippen molar-refractivity contribution in [2.45, 2.75) is 66.3 Å². The van der Waals surface area contributed by atoms with Crippen molar-refractivity contribution in [3.8, 4) is 0 Å². The Morgan fingerprint density at radius 1 is 1.11 bits per heavy atom. The Kier molecular flexibility index (Phi) is 6.57. The molecule has 0 bridgehead atoms. The number of nitrogens with one attached hydrogen (secondary N) is 1. The lowest BCUT2D eigenvalue weighted by Gasteiger charge is -2.26. The molecule has 1 N–H and O–H groups in total. The first-order valence-corrected chi connectivity index (χ1v) is 7.79. The SMILES string of the molecule is CCCNC(CCC(C)(C)C)c1ccccc1CC. The summed E-state index contributed by atoms with van der Waals surface area (Å²) < 4.78 is 0. The first-order chi connectivity index (χ1) is 8.98. The summed E-state index contributed by atoms with van der Waals surface area (Å²) in [6.45, 7) is 12.6. The second kappa shape index (κ2) is 7.69. The molecule has 1 nitrogen and oxygen atoms in total. The second-order valence-corrected chi connectivity index (χ2v) is 6.66. The molecule has 0 aliphatic carbocycles. The zero-order valence-electron chi connectivity index (χ0n) is 13.4. The van der Waals surface area contributed by atoms with E-state index in [1.807, 2.05) is 0 Å². The molecule has 19 heavy (non-hydrogen) atoms. The summed E-state index contributed by atoms with van der Waals surface area (Å²) in [5.74, 6) is 0. The summed E-state index contributed by atoms with van der Waals surface area (Å²) in [4.78, 5) is 0. The highest BCUT2D eigenvalue weighted by Gasteiger charge is 2.17. The zero-order chi connectivity index (χ0) is 14.3. The van der Waals surface area contributed by atoms with Gasteiger partial charge in [0.15, 0.2) is 0 Å². The van der Waals surface area contributed by atoms with E-state index in [1.54, 1.807) is 0 Å². The van der Waals surface area contributed by atoms with E-state index in [1.165, 1.54) is 30.4 Å². The molecule has 0 saturated carbocycles. The van der Waals surface area contributed by atoms with Crippen molar-refractivity contribution in [2.75, 3.05) is 6.54 Å². The number of benzene rings is 1. The van der Waals surface area contributed by atoms with E-state index in [0.717, 1.165) is 13.0 Å². The number of aryl methyl sites for hydroxylation is 1. The van der Waals surface area contributed by atoms with E-state index >= 15 is 0 Å². The van der Waals surface area contributed by atoms with Gasteiger partial charge in [-0.2, -0.15) is 0 Å². The average molecular weight is 261 g/mol. The van der Waals surface area contributed by atoms with Crippen LogP contribution in [-0.4, -0.2) is 6.54 Å². The van der Waals surface area contributed by atoms with Gasteiger partial charge in [-0.3, -0.25) is 0 Å². The van der Waals surface area contributed by atoms with Crippen LogP contribution in [0.1, 0.15) is 71.0 Å². The summed E-state index contributed by atoms with van der Waals surface area (Å²) in [5, 5.41) is 3.73. The largest absolute Gasteiger partial charge is 0.310 e. The van der Waals surface area contributed by atoms with Crippen LogP contribution in [0.3, 0.4) is 0 Å². The predicted molar refractivity (Wildman–Crippen MR) is 85.5 cm³/mol. The highest BCUT2D eigenvalue weighted by molar-refractivity contribution is 5.30. The predicted octanol–water partition coefficient (Wildman–Crippen LogP) is 5.12. The standard InChI is InChI=1S/C18H31N/c1-6-14-19-17(12-13-18(3,4)5)16-11-9-8-10-15(16)7-2/h8-11,17,19H,6-7,12-14H2,1-5H3. The lowest BCUT2D eigenvalue weighted by atomic mass is 9.86. The lowest BCUT2D eigenvalue weighted by molar-refractivity contribution is 0.331. The molecule has 1 aromatic rings. The minimum Gasteiger partial charge on any atom is -0.310 e. The Bertz CT molecular complexity index is 362. The van der Waals surface area contributed by atoms with Crippen LogP contribution in [0.25, 0.3) is 0 Å². The third kappa shape index (κ3) is 5.78. The third-order valence-corrected chi connectivity index (χ3v) is 3.64. The molecular formula is C18H31N. The average Bonchev–Trinajstić information content (AvgIpc) is 2.38. The molecule has 0 spiro atoms. The van der Waals surface area contributed by atoms with E-state index in [2.05, 4.69) is 64.2 Å². The van der Waals surface area contributed by atoms with Crippen LogP contribution in [0.5, 0.6) is 0 Å². The Morgan fingerprint density at radius 2 is 1.79 bits per heavy atom. The van der Waals surface area contributed by atoms with Gasteiger partial charge in [0.2, 0.25) is 0 Å². The van der Waals surface area contributed by atoms with E-state index < -0.39 is 0 Å². The van der Waals surface area contributed by atoms with Crippen LogP contribution in [0.2, 0.25) is 0 Å². The smallest absolute Gasteiger partial charge is 0.0323 e. The summed E-state index contributed by atoms with van der Waals surface area (Å²) in [5.41, 5.74) is 3.40. The van der Waals surface area contributed by atoms with Crippen molar-refractivity contribution in [3.63, 3.8) is 0 Å². The van der Waals surface area contributed by atoms with Gasteiger partial charge in [0.1, 0.15) is 0 Å². The van der Waals surface area contributed by atoms with Gasteiger partial charge < -0.3 is 5.32 Å². The molecule has 0 heterocycles. The van der Waals surface area contributed by atoms with E-state index in [4.69, 9.17) is 0 Å². The van der Waals surface area contributed by atoms with Crippen molar-refractivity contribution in [1.29, 1.82) is 0 Å². The Balaban J connectivity index is 2.82. The summed E-state index contributed by atoms with van der Waals surface area (Å²) in [6.07, 6.45) is 4.79. The van der Waals surface area contributed by atoms with Crippen LogP contribution >= 0.6 is 0 Å². The first kappa shape index (κ1) is 16.2. The van der Waals surface area contributed by atoms with Gasteiger partial charge in [0.05, 0.1) is 0 Å². The van der Waals surface area contributed by atoms with Crippen LogP contribution in [0.15, 0.2) is 24.3 Å². The van der Waals surface area contributed by atoms with Crippen LogP contribution < -0.4 is 5.32 Å². The fourth-order valence-corrected chi connectivity index (χ4v) is 2.46. The molecule has 1 aromatic carbocycles. The molecule has 1 heteroatoms. The second-order valence-electron chi connectivity index (χ2n) is 6.66. The van der Waals surface area contributed by atoms with Crippen molar-refractivity contribution >= 4 is 0 Å². The monoisotopic (exact) mass is 261 g/mol. The Labute approximate surface area is 119 Å². The topological polar surface area (TPSA) is 12.0 Å². The number of hydrogen-bond acceptors (Lipinski definition) is 1. The summed E-state index contributed by atoms with van der Waals surface area (Å²) in [6, 6.07) is 9.41. The minimum absolute atomic E-state index is 0.410. The molecule has 1 unspecified atom stereocenters. The van der Waals surface area contributed by atoms with E-state index in [0.29, 0.717) is 11.5 Å². The lowest BCUT2D eigenvalue weighted by Crippen LogP contribution is -2.24. The molecule has 0 saturated heterocycles. The molecule has 108 valence electrons. The maximum Gasteiger partial charge on any atom is 0.0323 e. The molecule has 0 amide bonds. The zero-order valence-corrected chi connectivity index (χ0v) is 13.4. The van der Waals surface area contributed by atoms with Gasteiger partial charge >= 0.3 is 0 Å². The molecule has 0 aromatic heterocycles.